The van der Waals surface area contributed by atoms with E-state index in [1.54, 1.807) is 6.08 Å². The molecular weight excluding hydrogens is 460 g/mol. The fourth-order valence-electron chi connectivity index (χ4n) is 4.46. The minimum absolute atomic E-state index is 0.0814. The smallest absolute Gasteiger partial charge is 0.329 e. The average Bonchev–Trinajstić information content (AvgIpc) is 2.96. The molecule has 1 fully saturated rings. The van der Waals surface area contributed by atoms with Gasteiger partial charge in [-0.05, 0) is 32.6 Å². The summed E-state index contributed by atoms with van der Waals surface area (Å²) < 4.78 is 4.68. The lowest BCUT2D eigenvalue weighted by molar-refractivity contribution is -0.144. The van der Waals surface area contributed by atoms with Crippen molar-refractivity contribution >= 4 is 46.3 Å². The molecular formula is C21H31ClN2O7S. The van der Waals surface area contributed by atoms with E-state index in [0.29, 0.717) is 18.2 Å². The number of amides is 2. The molecule has 1 saturated heterocycles. The quantitative estimate of drug-likeness (QED) is 0.208. The lowest BCUT2D eigenvalue weighted by Gasteiger charge is -2.45. The Bertz CT molecular complexity index is 775. The summed E-state index contributed by atoms with van der Waals surface area (Å²) in [6, 6.07) is -1.11. The molecule has 4 N–H and O–H groups in total. The summed E-state index contributed by atoms with van der Waals surface area (Å²) in [7, 11) is 1.16. The molecule has 1 heterocycles. The molecule has 0 aromatic heterocycles. The normalized spacial score (nSPS) is 31.5. The third kappa shape index (κ3) is 5.13. The minimum atomic E-state index is -2.02. The molecule has 1 aliphatic carbocycles. The van der Waals surface area contributed by atoms with Gasteiger partial charge in [-0.15, -0.1) is 11.6 Å². The van der Waals surface area contributed by atoms with Crippen LogP contribution in [0.3, 0.4) is 0 Å². The summed E-state index contributed by atoms with van der Waals surface area (Å²) >= 11 is 6.47. The van der Waals surface area contributed by atoms with Crippen LogP contribution >= 0.6 is 23.4 Å². The lowest BCUT2D eigenvalue weighted by atomic mass is 9.69. The Balaban J connectivity index is 2.40. The number of carbonyl (C=O) groups excluding carboxylic acids is 4. The highest BCUT2D eigenvalue weighted by Crippen LogP contribution is 2.46. The van der Waals surface area contributed by atoms with E-state index in [1.165, 1.54) is 13.8 Å². The fraction of sp³-hybridized carbons (Fsp3) is 0.714. The zero-order chi connectivity index (χ0) is 24.1. The van der Waals surface area contributed by atoms with Crippen LogP contribution in [-0.4, -0.2) is 75.1 Å². The Morgan fingerprint density at radius 1 is 1.44 bits per heavy atom. The number of carbonyl (C=O) groups is 4. The van der Waals surface area contributed by atoms with Crippen molar-refractivity contribution in [2.24, 2.45) is 11.8 Å². The number of nitrogens with one attached hydrogen (secondary N) is 2. The molecule has 2 amide bonds. The van der Waals surface area contributed by atoms with Gasteiger partial charge in [-0.1, -0.05) is 23.9 Å². The second-order valence-corrected chi connectivity index (χ2v) is 9.69. The summed E-state index contributed by atoms with van der Waals surface area (Å²) in [5, 5.41) is 27.1. The topological polar surface area (TPSA) is 142 Å². The first-order valence-electron chi connectivity index (χ1n) is 10.5. The Kier molecular flexibility index (Phi) is 9.15. The van der Waals surface area contributed by atoms with Crippen LogP contribution in [0.25, 0.3) is 0 Å². The van der Waals surface area contributed by atoms with Gasteiger partial charge in [0, 0.05) is 24.5 Å². The highest BCUT2D eigenvalue weighted by molar-refractivity contribution is 8.13. The predicted octanol–water partition coefficient (Wildman–Crippen LogP) is 0.506. The van der Waals surface area contributed by atoms with E-state index in [0.717, 1.165) is 20.0 Å². The molecule has 0 spiro atoms. The summed E-state index contributed by atoms with van der Waals surface area (Å²) in [5.41, 5.74) is -3.96. The number of esters is 1. The summed E-state index contributed by atoms with van der Waals surface area (Å²) in [4.78, 5) is 49.8. The van der Waals surface area contributed by atoms with Gasteiger partial charge < -0.3 is 25.6 Å². The number of aliphatic hydroxyl groups is 2. The van der Waals surface area contributed by atoms with Gasteiger partial charge in [0.1, 0.15) is 11.6 Å². The maximum absolute atomic E-state index is 13.6. The van der Waals surface area contributed by atoms with E-state index in [-0.39, 0.29) is 18.1 Å². The van der Waals surface area contributed by atoms with Crippen molar-refractivity contribution in [2.75, 3.05) is 18.7 Å². The summed E-state index contributed by atoms with van der Waals surface area (Å²) in [6.45, 7) is 2.57. The van der Waals surface area contributed by atoms with E-state index < -0.39 is 58.0 Å². The summed E-state index contributed by atoms with van der Waals surface area (Å²) in [6.07, 6.45) is 4.62. The molecule has 9 nitrogen and oxygen atoms in total. The van der Waals surface area contributed by atoms with Crippen LogP contribution in [-0.2, 0) is 23.9 Å². The number of halogens is 1. The third-order valence-corrected chi connectivity index (χ3v) is 7.52. The first-order valence-corrected chi connectivity index (χ1v) is 12.0. The molecule has 32 heavy (non-hydrogen) atoms. The molecule has 0 aromatic carbocycles. The largest absolute Gasteiger partial charge is 0.467 e. The van der Waals surface area contributed by atoms with Crippen molar-refractivity contribution in [1.29, 1.82) is 0 Å². The highest BCUT2D eigenvalue weighted by Gasteiger charge is 2.68. The fourth-order valence-corrected chi connectivity index (χ4v) is 5.82. The first-order chi connectivity index (χ1) is 15.0. The van der Waals surface area contributed by atoms with Crippen LogP contribution in [0.15, 0.2) is 12.2 Å². The standard InChI is InChI=1S/C21H31ClN2O7S/c1-12(25)23-15(18(28)31-3)11-32-19(29)21(16(26)13-7-5-4-6-8-13)20(2,30)14(9-10-22)17(27)24-21/h5,7,13-16,26,30H,4,6,8-11H2,1-3H3,(H,23,25)(H,24,27). The molecule has 1 aliphatic heterocycles. The second-order valence-electron chi connectivity index (χ2n) is 8.32. The molecule has 2 aliphatic rings. The van der Waals surface area contributed by atoms with Gasteiger partial charge in [0.15, 0.2) is 5.54 Å². The third-order valence-electron chi connectivity index (χ3n) is 6.22. The SMILES string of the molecule is COC(=O)C(CSC(=O)C1(C(O)C2C=CCCC2)NC(=O)C(CCCl)C1(C)O)NC(C)=O. The monoisotopic (exact) mass is 490 g/mol. The Hall–Kier alpha value is -1.62. The minimum Gasteiger partial charge on any atom is -0.467 e. The number of allylic oxidation sites excluding steroid dienone is 1. The maximum Gasteiger partial charge on any atom is 0.329 e. The highest BCUT2D eigenvalue weighted by atomic mass is 35.5. The Labute approximate surface area is 196 Å². The van der Waals surface area contributed by atoms with Crippen LogP contribution in [0, 0.1) is 11.8 Å². The van der Waals surface area contributed by atoms with Crippen LogP contribution in [0.4, 0.5) is 0 Å². The van der Waals surface area contributed by atoms with Crippen molar-refractivity contribution in [3.05, 3.63) is 12.2 Å². The van der Waals surface area contributed by atoms with Crippen molar-refractivity contribution in [3.63, 3.8) is 0 Å². The zero-order valence-electron chi connectivity index (χ0n) is 18.4. The molecule has 0 saturated carbocycles. The van der Waals surface area contributed by atoms with Gasteiger partial charge in [0.25, 0.3) is 0 Å². The van der Waals surface area contributed by atoms with Gasteiger partial charge in [-0.3, -0.25) is 14.4 Å². The number of aliphatic hydroxyl groups excluding tert-OH is 1. The van der Waals surface area contributed by atoms with E-state index in [2.05, 4.69) is 15.4 Å². The van der Waals surface area contributed by atoms with E-state index in [4.69, 9.17) is 11.6 Å². The number of rotatable bonds is 9. The van der Waals surface area contributed by atoms with E-state index in [9.17, 15) is 29.4 Å². The molecule has 11 heteroatoms. The van der Waals surface area contributed by atoms with Gasteiger partial charge >= 0.3 is 5.97 Å². The molecule has 0 bridgehead atoms. The molecule has 180 valence electrons. The van der Waals surface area contributed by atoms with Gasteiger partial charge in [0.05, 0.1) is 19.1 Å². The van der Waals surface area contributed by atoms with Crippen molar-refractivity contribution in [3.8, 4) is 0 Å². The van der Waals surface area contributed by atoms with Crippen molar-refractivity contribution < 1.29 is 34.1 Å². The molecule has 6 atom stereocenters. The van der Waals surface area contributed by atoms with Gasteiger partial charge in [-0.25, -0.2) is 4.79 Å². The van der Waals surface area contributed by atoms with Crippen molar-refractivity contribution in [2.45, 2.75) is 62.8 Å². The second kappa shape index (κ2) is 11.0. The average molecular weight is 491 g/mol. The van der Waals surface area contributed by atoms with E-state index in [1.807, 2.05) is 6.08 Å². The van der Waals surface area contributed by atoms with Crippen LogP contribution in [0.1, 0.15) is 39.5 Å². The molecule has 0 radical (unpaired) electrons. The van der Waals surface area contributed by atoms with Gasteiger partial charge in [0.2, 0.25) is 16.9 Å². The molecule has 6 unspecified atom stereocenters. The molecule has 2 rings (SSSR count). The number of hydrogen-bond acceptors (Lipinski definition) is 8. The van der Waals surface area contributed by atoms with Gasteiger partial charge in [-0.2, -0.15) is 0 Å². The zero-order valence-corrected chi connectivity index (χ0v) is 20.0. The first kappa shape index (κ1) is 26.6. The van der Waals surface area contributed by atoms with Crippen LogP contribution < -0.4 is 10.6 Å². The predicted molar refractivity (Wildman–Crippen MR) is 120 cm³/mol. The number of thioether (sulfide) groups is 1. The molecule has 0 aromatic rings. The van der Waals surface area contributed by atoms with Crippen molar-refractivity contribution in [1.82, 2.24) is 10.6 Å². The maximum atomic E-state index is 13.6. The Morgan fingerprint density at radius 2 is 2.12 bits per heavy atom. The number of methoxy groups -OCH3 is 1. The van der Waals surface area contributed by atoms with Crippen LogP contribution in [0.5, 0.6) is 0 Å². The number of alkyl halides is 1. The lowest BCUT2D eigenvalue weighted by Crippen LogP contribution is -2.69. The van der Waals surface area contributed by atoms with E-state index >= 15 is 0 Å². The number of ether oxygens (including phenoxy) is 1. The van der Waals surface area contributed by atoms with Crippen LogP contribution in [0.2, 0.25) is 0 Å². The Morgan fingerprint density at radius 3 is 2.66 bits per heavy atom. The summed E-state index contributed by atoms with van der Waals surface area (Å²) in [5.74, 6) is -3.38. The number of hydrogen-bond donors (Lipinski definition) is 4.